The molecule has 1 saturated heterocycles. The molecule has 1 aliphatic heterocycles. The van der Waals surface area contributed by atoms with Crippen molar-refractivity contribution in [2.24, 2.45) is 0 Å². The van der Waals surface area contributed by atoms with Crippen LogP contribution in [0.1, 0.15) is 37.9 Å². The third kappa shape index (κ3) is 4.50. The smallest absolute Gasteiger partial charge is 0.337 e. The predicted molar refractivity (Wildman–Crippen MR) is 139 cm³/mol. The van der Waals surface area contributed by atoms with Gasteiger partial charge in [0, 0.05) is 39.7 Å². The average molecular weight is 525 g/mol. The summed E-state index contributed by atoms with van der Waals surface area (Å²) in [5.41, 5.74) is 1.52. The first-order chi connectivity index (χ1) is 16.8. The van der Waals surface area contributed by atoms with E-state index in [2.05, 4.69) is 5.32 Å². The number of carbonyl (C=O) groups excluding carboxylic acids is 2. The number of nitrogens with zero attached hydrogens (tertiary/aromatic N) is 1. The summed E-state index contributed by atoms with van der Waals surface area (Å²) in [6.45, 7) is 0.433. The first kappa shape index (κ1) is 23.4. The predicted octanol–water partition coefficient (Wildman–Crippen LogP) is 6.68. The minimum Gasteiger partial charge on any atom is -0.478 e. The number of nitrogens with one attached hydrogen (secondary N) is 1. The summed E-state index contributed by atoms with van der Waals surface area (Å²) >= 11 is 13.6. The van der Waals surface area contributed by atoms with Gasteiger partial charge in [-0.15, -0.1) is 11.3 Å². The summed E-state index contributed by atoms with van der Waals surface area (Å²) in [5.74, 6) is -1.81. The van der Waals surface area contributed by atoms with Crippen LogP contribution in [0.2, 0.25) is 10.0 Å². The number of thiophene rings is 1. The molecule has 176 valence electrons. The van der Waals surface area contributed by atoms with Gasteiger partial charge in [-0.2, -0.15) is 0 Å². The van der Waals surface area contributed by atoms with Crippen LogP contribution in [-0.4, -0.2) is 29.4 Å². The molecular weight excluding hydrogens is 507 g/mol. The van der Waals surface area contributed by atoms with Crippen LogP contribution in [0.15, 0.2) is 66.7 Å². The summed E-state index contributed by atoms with van der Waals surface area (Å²) in [6.07, 6.45) is 0.321. The molecule has 1 unspecified atom stereocenters. The molecular formula is C26H18Cl2N2O4S. The molecule has 0 saturated carbocycles. The topological polar surface area (TPSA) is 86.7 Å². The molecule has 1 atom stereocenters. The Labute approximate surface area is 214 Å². The lowest BCUT2D eigenvalue weighted by Gasteiger charge is -2.19. The van der Waals surface area contributed by atoms with Crippen LogP contribution in [0, 0.1) is 0 Å². The van der Waals surface area contributed by atoms with Gasteiger partial charge in [-0.3, -0.25) is 9.59 Å². The molecule has 0 spiro atoms. The van der Waals surface area contributed by atoms with Crippen LogP contribution < -0.4 is 10.2 Å². The Morgan fingerprint density at radius 2 is 1.77 bits per heavy atom. The molecule has 35 heavy (non-hydrogen) atoms. The molecule has 5 rings (SSSR count). The third-order valence-electron chi connectivity index (χ3n) is 6.00. The first-order valence-electron chi connectivity index (χ1n) is 10.7. The standard InChI is InChI=1S/C26H18Cl2N2O4S/c27-16-7-5-14(6-8-16)15-11-22(31)30(13-15)17-9-10-18(26(33)34)20(12-17)29-25(32)24-23(28)19-3-1-2-4-21(19)35-24/h1-10,12,15H,11,13H2,(H,29,32)(H,33,34). The number of hydrogen-bond acceptors (Lipinski definition) is 4. The molecule has 4 aromatic rings. The Morgan fingerprint density at radius 1 is 1.03 bits per heavy atom. The zero-order valence-electron chi connectivity index (χ0n) is 18.1. The second kappa shape index (κ2) is 9.34. The van der Waals surface area contributed by atoms with Crippen molar-refractivity contribution in [2.75, 3.05) is 16.8 Å². The van der Waals surface area contributed by atoms with Gasteiger partial charge >= 0.3 is 5.97 Å². The number of aromatic carboxylic acids is 1. The summed E-state index contributed by atoms with van der Waals surface area (Å²) < 4.78 is 0.853. The van der Waals surface area contributed by atoms with E-state index in [4.69, 9.17) is 23.2 Å². The van der Waals surface area contributed by atoms with Gasteiger partial charge in [0.25, 0.3) is 5.91 Å². The molecule has 3 aromatic carbocycles. The lowest BCUT2D eigenvalue weighted by molar-refractivity contribution is -0.117. The molecule has 0 aliphatic carbocycles. The SMILES string of the molecule is O=C(O)c1ccc(N2CC(c3ccc(Cl)cc3)CC2=O)cc1NC(=O)c1sc2ccccc2c1Cl. The number of hydrogen-bond donors (Lipinski definition) is 2. The van der Waals surface area contributed by atoms with Crippen molar-refractivity contribution in [3.05, 3.63) is 92.8 Å². The molecule has 2 N–H and O–H groups in total. The Morgan fingerprint density at radius 3 is 2.49 bits per heavy atom. The van der Waals surface area contributed by atoms with Gasteiger partial charge in [0.15, 0.2) is 0 Å². The van der Waals surface area contributed by atoms with E-state index >= 15 is 0 Å². The van der Waals surface area contributed by atoms with Gasteiger partial charge in [0.2, 0.25) is 5.91 Å². The largest absolute Gasteiger partial charge is 0.478 e. The van der Waals surface area contributed by atoms with E-state index in [1.807, 2.05) is 36.4 Å². The van der Waals surface area contributed by atoms with E-state index < -0.39 is 11.9 Å². The van der Waals surface area contributed by atoms with E-state index in [0.29, 0.717) is 28.7 Å². The Hall–Kier alpha value is -3.39. The first-order valence-corrected chi connectivity index (χ1v) is 12.3. The number of anilines is 2. The van der Waals surface area contributed by atoms with Gasteiger partial charge in [0.05, 0.1) is 16.3 Å². The van der Waals surface area contributed by atoms with Crippen LogP contribution >= 0.6 is 34.5 Å². The monoisotopic (exact) mass is 524 g/mol. The highest BCUT2D eigenvalue weighted by Gasteiger charge is 2.32. The number of halogens is 2. The Bertz CT molecular complexity index is 1480. The molecule has 1 aromatic heterocycles. The number of amides is 2. The maximum absolute atomic E-state index is 13.1. The van der Waals surface area contributed by atoms with Gasteiger partial charge in [-0.25, -0.2) is 4.79 Å². The number of carbonyl (C=O) groups is 3. The number of carboxylic acid groups (broad SMARTS) is 1. The van der Waals surface area contributed by atoms with E-state index in [9.17, 15) is 19.5 Å². The molecule has 9 heteroatoms. The second-order valence-corrected chi connectivity index (χ2v) is 10.1. The van der Waals surface area contributed by atoms with Crippen molar-refractivity contribution < 1.29 is 19.5 Å². The van der Waals surface area contributed by atoms with Crippen molar-refractivity contribution in [3.8, 4) is 0 Å². The zero-order chi connectivity index (χ0) is 24.7. The van der Waals surface area contributed by atoms with Crippen LogP contribution in [0.5, 0.6) is 0 Å². The molecule has 0 radical (unpaired) electrons. The van der Waals surface area contributed by atoms with Crippen molar-refractivity contribution in [1.29, 1.82) is 0 Å². The summed E-state index contributed by atoms with van der Waals surface area (Å²) in [7, 11) is 0. The fourth-order valence-corrected chi connectivity index (χ4v) is 5.78. The van der Waals surface area contributed by atoms with E-state index in [1.54, 1.807) is 23.1 Å². The maximum atomic E-state index is 13.1. The maximum Gasteiger partial charge on any atom is 0.337 e. The number of fused-ring (bicyclic) bond motifs is 1. The van der Waals surface area contributed by atoms with Gasteiger partial charge in [-0.05, 0) is 42.0 Å². The number of carboxylic acids is 1. The fraction of sp³-hybridized carbons (Fsp3) is 0.115. The molecule has 1 fully saturated rings. The van der Waals surface area contributed by atoms with Gasteiger partial charge in [-0.1, -0.05) is 53.5 Å². The normalized spacial score (nSPS) is 15.5. The highest BCUT2D eigenvalue weighted by atomic mass is 35.5. The Kier molecular flexibility index (Phi) is 6.23. The summed E-state index contributed by atoms with van der Waals surface area (Å²) in [5, 5.41) is 14.1. The molecule has 6 nitrogen and oxygen atoms in total. The molecule has 2 amide bonds. The van der Waals surface area contributed by atoms with Crippen molar-refractivity contribution >= 4 is 73.8 Å². The quantitative estimate of drug-likeness (QED) is 0.304. The fourth-order valence-electron chi connectivity index (χ4n) is 4.24. The van der Waals surface area contributed by atoms with Gasteiger partial charge < -0.3 is 15.3 Å². The van der Waals surface area contributed by atoms with Gasteiger partial charge in [0.1, 0.15) is 4.88 Å². The van der Waals surface area contributed by atoms with E-state index in [0.717, 1.165) is 15.6 Å². The second-order valence-electron chi connectivity index (χ2n) is 8.19. The van der Waals surface area contributed by atoms with Crippen LogP contribution in [0.25, 0.3) is 10.1 Å². The summed E-state index contributed by atoms with van der Waals surface area (Å²) in [4.78, 5) is 39.6. The number of benzene rings is 3. The summed E-state index contributed by atoms with van der Waals surface area (Å²) in [6, 6.07) is 19.2. The van der Waals surface area contributed by atoms with Crippen LogP contribution in [-0.2, 0) is 4.79 Å². The highest BCUT2D eigenvalue weighted by molar-refractivity contribution is 7.21. The zero-order valence-corrected chi connectivity index (χ0v) is 20.5. The average Bonchev–Trinajstić information content (AvgIpc) is 3.39. The lowest BCUT2D eigenvalue weighted by Crippen LogP contribution is -2.25. The lowest BCUT2D eigenvalue weighted by atomic mass is 9.98. The highest BCUT2D eigenvalue weighted by Crippen LogP contribution is 2.37. The molecule has 2 heterocycles. The van der Waals surface area contributed by atoms with Crippen molar-refractivity contribution in [2.45, 2.75) is 12.3 Å². The van der Waals surface area contributed by atoms with E-state index in [-0.39, 0.29) is 28.0 Å². The minimum absolute atomic E-state index is 0.0192. The molecule has 1 aliphatic rings. The molecule has 0 bridgehead atoms. The number of rotatable bonds is 5. The van der Waals surface area contributed by atoms with E-state index in [1.165, 1.54) is 23.5 Å². The van der Waals surface area contributed by atoms with Crippen LogP contribution in [0.4, 0.5) is 11.4 Å². The van der Waals surface area contributed by atoms with Crippen molar-refractivity contribution in [3.63, 3.8) is 0 Å². The third-order valence-corrected chi connectivity index (χ3v) is 7.93. The minimum atomic E-state index is -1.19. The Balaban J connectivity index is 1.44. The van der Waals surface area contributed by atoms with Crippen molar-refractivity contribution in [1.82, 2.24) is 0 Å². The van der Waals surface area contributed by atoms with Crippen LogP contribution in [0.3, 0.4) is 0 Å².